The molecule has 1 aromatic carbocycles. The van der Waals surface area contributed by atoms with Gasteiger partial charge >= 0.3 is 0 Å². The number of benzene rings is 1. The van der Waals surface area contributed by atoms with Crippen molar-refractivity contribution in [2.24, 2.45) is 0 Å². The molecule has 70 valence electrons. The minimum atomic E-state index is -0.587. The van der Waals surface area contributed by atoms with Gasteiger partial charge in [-0.15, -0.1) is 17.0 Å². The van der Waals surface area contributed by atoms with Crippen LogP contribution < -0.4 is 0 Å². The van der Waals surface area contributed by atoms with Crippen LogP contribution in [-0.4, -0.2) is 11.2 Å². The van der Waals surface area contributed by atoms with Crippen LogP contribution in [0.3, 0.4) is 0 Å². The second-order valence-corrected chi connectivity index (χ2v) is 2.99. The number of nitrogens with zero attached hydrogens (tertiary/aromatic N) is 1. The molecule has 0 bridgehead atoms. The van der Waals surface area contributed by atoms with Gasteiger partial charge in [0.15, 0.2) is 6.29 Å². The molecule has 0 aromatic heterocycles. The monoisotopic (exact) mass is 309 g/mol. The average Bonchev–Trinajstić information content (AvgIpc) is 2.03. The van der Waals surface area contributed by atoms with E-state index in [1.807, 2.05) is 0 Å². The Hall–Kier alpha value is -0.750. The summed E-state index contributed by atoms with van der Waals surface area (Å²) >= 11 is 3.10. The molecule has 0 aliphatic heterocycles. The molecular formula is C7H5Br2NO3. The summed E-state index contributed by atoms with van der Waals surface area (Å²) in [6, 6.07) is 4.21. The predicted molar refractivity (Wildman–Crippen MR) is 56.5 cm³/mol. The zero-order valence-electron chi connectivity index (χ0n) is 6.27. The highest BCUT2D eigenvalue weighted by Gasteiger charge is 2.11. The molecule has 1 aromatic rings. The van der Waals surface area contributed by atoms with Crippen molar-refractivity contribution in [3.63, 3.8) is 0 Å². The fourth-order valence-electron chi connectivity index (χ4n) is 0.786. The first-order valence-corrected chi connectivity index (χ1v) is 3.83. The quantitative estimate of drug-likeness (QED) is 0.479. The number of carbonyl (C=O) groups is 1. The number of halogens is 2. The molecule has 0 N–H and O–H groups in total. The van der Waals surface area contributed by atoms with Gasteiger partial charge in [0.1, 0.15) is 0 Å². The molecule has 0 atom stereocenters. The van der Waals surface area contributed by atoms with Crippen LogP contribution in [0.15, 0.2) is 22.7 Å². The van der Waals surface area contributed by atoms with Crippen LogP contribution in [0.25, 0.3) is 0 Å². The molecular weight excluding hydrogens is 306 g/mol. The Morgan fingerprint density at radius 2 is 2.08 bits per heavy atom. The second kappa shape index (κ2) is 5.08. The van der Waals surface area contributed by atoms with Gasteiger partial charge in [-0.05, 0) is 12.1 Å². The lowest BCUT2D eigenvalue weighted by molar-refractivity contribution is -0.385. The van der Waals surface area contributed by atoms with Crippen LogP contribution in [0.1, 0.15) is 10.4 Å². The Morgan fingerprint density at radius 3 is 2.54 bits per heavy atom. The van der Waals surface area contributed by atoms with E-state index in [1.165, 1.54) is 18.2 Å². The molecule has 1 rings (SSSR count). The van der Waals surface area contributed by atoms with E-state index >= 15 is 0 Å². The number of rotatable bonds is 2. The summed E-state index contributed by atoms with van der Waals surface area (Å²) in [5.74, 6) is 0. The molecule has 0 spiro atoms. The van der Waals surface area contributed by atoms with Gasteiger partial charge in [-0.1, -0.05) is 15.9 Å². The van der Waals surface area contributed by atoms with Crippen molar-refractivity contribution in [2.75, 3.05) is 0 Å². The van der Waals surface area contributed by atoms with Gasteiger partial charge in [0.25, 0.3) is 5.69 Å². The normalized spacial score (nSPS) is 8.69. The predicted octanol–water partition coefficient (Wildman–Crippen LogP) is 2.75. The average molecular weight is 311 g/mol. The molecule has 0 aliphatic carbocycles. The van der Waals surface area contributed by atoms with Crippen molar-refractivity contribution in [1.29, 1.82) is 0 Å². The summed E-state index contributed by atoms with van der Waals surface area (Å²) < 4.78 is 0.648. The number of nitro groups is 1. The van der Waals surface area contributed by atoms with E-state index < -0.39 is 4.92 Å². The van der Waals surface area contributed by atoms with Gasteiger partial charge < -0.3 is 0 Å². The Balaban J connectivity index is 0.00000144. The first-order chi connectivity index (χ1) is 5.65. The molecule has 0 heterocycles. The molecule has 0 saturated heterocycles. The van der Waals surface area contributed by atoms with E-state index in [1.54, 1.807) is 0 Å². The minimum absolute atomic E-state index is 0. The molecule has 4 nitrogen and oxygen atoms in total. The maximum Gasteiger partial charge on any atom is 0.279 e. The first-order valence-electron chi connectivity index (χ1n) is 3.04. The van der Waals surface area contributed by atoms with E-state index in [0.717, 1.165) is 0 Å². The van der Waals surface area contributed by atoms with Gasteiger partial charge in [0.05, 0.1) is 10.5 Å². The number of hydrogen-bond acceptors (Lipinski definition) is 3. The van der Waals surface area contributed by atoms with Gasteiger partial charge in [0, 0.05) is 10.5 Å². The van der Waals surface area contributed by atoms with E-state index in [0.29, 0.717) is 10.8 Å². The molecule has 0 unspecified atom stereocenters. The highest BCUT2D eigenvalue weighted by Crippen LogP contribution is 2.20. The highest BCUT2D eigenvalue weighted by atomic mass is 79.9. The fraction of sp³-hybridized carbons (Fsp3) is 0. The lowest BCUT2D eigenvalue weighted by Crippen LogP contribution is -1.93. The SMILES string of the molecule is Br.O=Cc1cc(Br)ccc1[N+](=O)[O-]. The summed E-state index contributed by atoms with van der Waals surface area (Å²) in [6.07, 6.45) is 0.461. The van der Waals surface area contributed by atoms with Crippen molar-refractivity contribution >= 4 is 44.9 Å². The van der Waals surface area contributed by atoms with Crippen molar-refractivity contribution in [1.82, 2.24) is 0 Å². The van der Waals surface area contributed by atoms with Gasteiger partial charge in [0.2, 0.25) is 0 Å². The lowest BCUT2D eigenvalue weighted by Gasteiger charge is -1.94. The third-order valence-electron chi connectivity index (χ3n) is 1.31. The largest absolute Gasteiger partial charge is 0.298 e. The number of aldehydes is 1. The van der Waals surface area contributed by atoms with Crippen LogP contribution in [0, 0.1) is 10.1 Å². The van der Waals surface area contributed by atoms with Crippen molar-refractivity contribution in [3.05, 3.63) is 38.3 Å². The maximum atomic E-state index is 10.4. The third-order valence-corrected chi connectivity index (χ3v) is 1.81. The summed E-state index contributed by atoms with van der Waals surface area (Å²) in [6.45, 7) is 0. The van der Waals surface area contributed by atoms with E-state index in [9.17, 15) is 14.9 Å². The Morgan fingerprint density at radius 1 is 1.46 bits per heavy atom. The van der Waals surface area contributed by atoms with Crippen LogP contribution in [-0.2, 0) is 0 Å². The van der Waals surface area contributed by atoms with Crippen LogP contribution >= 0.6 is 32.9 Å². The number of carbonyl (C=O) groups excluding carboxylic acids is 1. The maximum absolute atomic E-state index is 10.4. The van der Waals surface area contributed by atoms with E-state index in [-0.39, 0.29) is 28.2 Å². The van der Waals surface area contributed by atoms with Crippen molar-refractivity contribution in [3.8, 4) is 0 Å². The Bertz CT molecular complexity index is 341. The summed E-state index contributed by atoms with van der Waals surface area (Å²) in [7, 11) is 0. The third kappa shape index (κ3) is 2.89. The van der Waals surface area contributed by atoms with Crippen molar-refractivity contribution in [2.45, 2.75) is 0 Å². The molecule has 13 heavy (non-hydrogen) atoms. The first kappa shape index (κ1) is 12.2. The molecule has 0 aliphatic rings. The molecule has 0 fully saturated rings. The van der Waals surface area contributed by atoms with Crippen LogP contribution in [0.5, 0.6) is 0 Å². The fourth-order valence-corrected chi connectivity index (χ4v) is 1.16. The minimum Gasteiger partial charge on any atom is -0.298 e. The van der Waals surface area contributed by atoms with Gasteiger partial charge in [-0.2, -0.15) is 0 Å². The van der Waals surface area contributed by atoms with Gasteiger partial charge in [-0.25, -0.2) is 0 Å². The standard InChI is InChI=1S/C7H4BrNO3.BrH/c8-6-1-2-7(9(11)12)5(3-6)4-10;/h1-4H;1H. The molecule has 0 saturated carbocycles. The smallest absolute Gasteiger partial charge is 0.279 e. The summed E-state index contributed by atoms with van der Waals surface area (Å²) in [5.41, 5.74) is -0.0948. The Kier molecular flexibility index (Phi) is 4.79. The number of hydrogen-bond donors (Lipinski definition) is 0. The Labute approximate surface area is 93.0 Å². The topological polar surface area (TPSA) is 60.2 Å². The molecule has 0 amide bonds. The zero-order chi connectivity index (χ0) is 9.14. The highest BCUT2D eigenvalue weighted by molar-refractivity contribution is 9.10. The van der Waals surface area contributed by atoms with Crippen LogP contribution in [0.4, 0.5) is 5.69 Å². The molecule has 6 heteroatoms. The summed E-state index contributed by atoms with van der Waals surface area (Å²) in [5, 5.41) is 10.3. The number of nitro benzene ring substituents is 1. The zero-order valence-corrected chi connectivity index (χ0v) is 9.57. The van der Waals surface area contributed by atoms with Crippen molar-refractivity contribution < 1.29 is 9.72 Å². The van der Waals surface area contributed by atoms with Gasteiger partial charge in [-0.3, -0.25) is 14.9 Å². The molecule has 0 radical (unpaired) electrons. The van der Waals surface area contributed by atoms with Crippen LogP contribution in [0.2, 0.25) is 0 Å². The van der Waals surface area contributed by atoms with E-state index in [4.69, 9.17) is 0 Å². The lowest BCUT2D eigenvalue weighted by atomic mass is 10.2. The summed E-state index contributed by atoms with van der Waals surface area (Å²) in [4.78, 5) is 20.1. The second-order valence-electron chi connectivity index (χ2n) is 2.08. The van der Waals surface area contributed by atoms with E-state index in [2.05, 4.69) is 15.9 Å².